The van der Waals surface area contributed by atoms with E-state index in [4.69, 9.17) is 0 Å². The molecule has 0 fully saturated rings. The number of thioether (sulfide) groups is 1. The summed E-state index contributed by atoms with van der Waals surface area (Å²) in [6.45, 7) is 0. The molecule has 0 saturated heterocycles. The minimum atomic E-state index is -0.190. The Kier molecular flexibility index (Phi) is 3.47. The van der Waals surface area contributed by atoms with Gasteiger partial charge in [0.05, 0.1) is 10.5 Å². The summed E-state index contributed by atoms with van der Waals surface area (Å²) in [4.78, 5) is 4.58. The Morgan fingerprint density at radius 2 is 1.84 bits per heavy atom. The molecule has 94 valence electrons. The average molecular weight is 269 g/mol. The van der Waals surface area contributed by atoms with Crippen molar-refractivity contribution in [1.82, 2.24) is 4.98 Å². The lowest BCUT2D eigenvalue weighted by atomic mass is 10.2. The molecule has 19 heavy (non-hydrogen) atoms. The average Bonchev–Trinajstić information content (AvgIpc) is 2.45. The van der Waals surface area contributed by atoms with Gasteiger partial charge in [0.2, 0.25) is 0 Å². The fourth-order valence-electron chi connectivity index (χ4n) is 1.91. The van der Waals surface area contributed by atoms with Crippen molar-refractivity contribution in [3.63, 3.8) is 0 Å². The first-order valence-electron chi connectivity index (χ1n) is 6.04. The van der Waals surface area contributed by atoms with Crippen LogP contribution in [0.2, 0.25) is 0 Å². The fraction of sp³-hybridized carbons (Fsp3) is 0.0625. The van der Waals surface area contributed by atoms with Crippen molar-refractivity contribution < 1.29 is 4.39 Å². The lowest BCUT2D eigenvalue weighted by Gasteiger charge is -2.03. The number of benzene rings is 2. The van der Waals surface area contributed by atoms with Gasteiger partial charge in [-0.25, -0.2) is 9.37 Å². The van der Waals surface area contributed by atoms with Crippen molar-refractivity contribution in [2.75, 3.05) is 0 Å². The molecule has 0 spiro atoms. The third-order valence-corrected chi connectivity index (χ3v) is 3.85. The van der Waals surface area contributed by atoms with E-state index in [1.807, 2.05) is 36.4 Å². The zero-order valence-corrected chi connectivity index (χ0v) is 11.0. The van der Waals surface area contributed by atoms with E-state index in [-0.39, 0.29) is 5.82 Å². The highest BCUT2D eigenvalue weighted by Gasteiger charge is 2.00. The SMILES string of the molecule is Fc1cccc(CSc2ccc3ccccc3n2)c1. The molecule has 0 aliphatic rings. The molecule has 0 N–H and O–H groups in total. The molecule has 3 heteroatoms. The van der Waals surface area contributed by atoms with Crippen LogP contribution in [0, 0.1) is 5.82 Å². The van der Waals surface area contributed by atoms with Crippen LogP contribution in [-0.2, 0) is 5.75 Å². The molecule has 2 aromatic carbocycles. The van der Waals surface area contributed by atoms with Gasteiger partial charge in [-0.2, -0.15) is 0 Å². The summed E-state index contributed by atoms with van der Waals surface area (Å²) in [6.07, 6.45) is 0. The molecular weight excluding hydrogens is 257 g/mol. The van der Waals surface area contributed by atoms with E-state index in [0.29, 0.717) is 0 Å². The summed E-state index contributed by atoms with van der Waals surface area (Å²) >= 11 is 1.62. The number of hydrogen-bond donors (Lipinski definition) is 0. The molecule has 0 aliphatic heterocycles. The minimum absolute atomic E-state index is 0.190. The minimum Gasteiger partial charge on any atom is -0.241 e. The second-order valence-electron chi connectivity index (χ2n) is 4.26. The molecule has 3 aromatic rings. The number of aromatic nitrogens is 1. The number of nitrogens with zero attached hydrogens (tertiary/aromatic N) is 1. The molecule has 1 heterocycles. The lowest BCUT2D eigenvalue weighted by molar-refractivity contribution is 0.626. The first-order valence-corrected chi connectivity index (χ1v) is 7.03. The van der Waals surface area contributed by atoms with Gasteiger partial charge in [0.15, 0.2) is 0 Å². The monoisotopic (exact) mass is 269 g/mol. The van der Waals surface area contributed by atoms with Gasteiger partial charge in [-0.3, -0.25) is 0 Å². The Balaban J connectivity index is 1.78. The Labute approximate surface area is 115 Å². The Hall–Kier alpha value is -1.87. The van der Waals surface area contributed by atoms with E-state index in [9.17, 15) is 4.39 Å². The predicted molar refractivity (Wildman–Crippen MR) is 77.7 cm³/mol. The van der Waals surface area contributed by atoms with E-state index in [1.54, 1.807) is 23.9 Å². The number of pyridine rings is 1. The van der Waals surface area contributed by atoms with Gasteiger partial charge in [-0.1, -0.05) is 36.4 Å². The van der Waals surface area contributed by atoms with Crippen molar-refractivity contribution in [1.29, 1.82) is 0 Å². The summed E-state index contributed by atoms with van der Waals surface area (Å²) < 4.78 is 13.1. The zero-order chi connectivity index (χ0) is 13.1. The number of para-hydroxylation sites is 1. The van der Waals surface area contributed by atoms with Crippen LogP contribution in [0.5, 0.6) is 0 Å². The van der Waals surface area contributed by atoms with Gasteiger partial charge in [-0.15, -0.1) is 11.8 Å². The molecule has 0 aliphatic carbocycles. The molecule has 0 amide bonds. The van der Waals surface area contributed by atoms with Crippen LogP contribution in [0.15, 0.2) is 65.7 Å². The summed E-state index contributed by atoms with van der Waals surface area (Å²) in [5, 5.41) is 2.10. The highest BCUT2D eigenvalue weighted by Crippen LogP contribution is 2.23. The molecule has 0 radical (unpaired) electrons. The maximum Gasteiger partial charge on any atom is 0.123 e. The smallest absolute Gasteiger partial charge is 0.123 e. The molecule has 1 aromatic heterocycles. The molecule has 1 nitrogen and oxygen atoms in total. The van der Waals surface area contributed by atoms with E-state index >= 15 is 0 Å². The number of halogens is 1. The number of fused-ring (bicyclic) bond motifs is 1. The van der Waals surface area contributed by atoms with Crippen LogP contribution in [0.1, 0.15) is 5.56 Å². The maximum atomic E-state index is 13.1. The van der Waals surface area contributed by atoms with E-state index in [0.717, 1.165) is 27.2 Å². The third kappa shape index (κ3) is 2.93. The number of rotatable bonds is 3. The van der Waals surface area contributed by atoms with Gasteiger partial charge < -0.3 is 0 Å². The quantitative estimate of drug-likeness (QED) is 0.641. The first kappa shape index (κ1) is 12.2. The van der Waals surface area contributed by atoms with E-state index in [2.05, 4.69) is 11.1 Å². The Morgan fingerprint density at radius 3 is 2.74 bits per heavy atom. The summed E-state index contributed by atoms with van der Waals surface area (Å²) in [6, 6.07) is 18.8. The molecule has 0 saturated carbocycles. The van der Waals surface area contributed by atoms with Crippen molar-refractivity contribution in [2.45, 2.75) is 10.8 Å². The Bertz CT molecular complexity index is 712. The van der Waals surface area contributed by atoms with Crippen molar-refractivity contribution in [2.24, 2.45) is 0 Å². The van der Waals surface area contributed by atoms with Crippen LogP contribution >= 0.6 is 11.8 Å². The molecule has 0 unspecified atom stereocenters. The second kappa shape index (κ2) is 5.41. The van der Waals surface area contributed by atoms with E-state index in [1.165, 1.54) is 6.07 Å². The highest BCUT2D eigenvalue weighted by molar-refractivity contribution is 7.98. The zero-order valence-electron chi connectivity index (χ0n) is 10.2. The van der Waals surface area contributed by atoms with Gasteiger partial charge in [0, 0.05) is 11.1 Å². The van der Waals surface area contributed by atoms with Gasteiger partial charge >= 0.3 is 0 Å². The van der Waals surface area contributed by atoms with Crippen LogP contribution in [0.25, 0.3) is 10.9 Å². The summed E-state index contributed by atoms with van der Waals surface area (Å²) in [7, 11) is 0. The fourth-order valence-corrected chi connectivity index (χ4v) is 2.73. The van der Waals surface area contributed by atoms with E-state index < -0.39 is 0 Å². The largest absolute Gasteiger partial charge is 0.241 e. The molecule has 0 atom stereocenters. The standard InChI is InChI=1S/C16H12FNS/c17-14-6-3-4-12(10-14)11-19-16-9-8-13-5-1-2-7-15(13)18-16/h1-10H,11H2. The van der Waals surface area contributed by atoms with Crippen LogP contribution in [-0.4, -0.2) is 4.98 Å². The topological polar surface area (TPSA) is 12.9 Å². The van der Waals surface area contributed by atoms with Crippen LogP contribution in [0.3, 0.4) is 0 Å². The number of hydrogen-bond acceptors (Lipinski definition) is 2. The summed E-state index contributed by atoms with van der Waals surface area (Å²) in [5.41, 5.74) is 1.96. The lowest BCUT2D eigenvalue weighted by Crippen LogP contribution is -1.85. The predicted octanol–water partition coefficient (Wildman–Crippen LogP) is 4.67. The van der Waals surface area contributed by atoms with Gasteiger partial charge in [0.1, 0.15) is 5.82 Å². The second-order valence-corrected chi connectivity index (χ2v) is 5.26. The maximum absolute atomic E-state index is 13.1. The van der Waals surface area contributed by atoms with Crippen LogP contribution in [0.4, 0.5) is 4.39 Å². The van der Waals surface area contributed by atoms with Crippen molar-refractivity contribution >= 4 is 22.7 Å². The van der Waals surface area contributed by atoms with Crippen LogP contribution < -0.4 is 0 Å². The summed E-state index contributed by atoms with van der Waals surface area (Å²) in [5.74, 6) is 0.535. The first-order chi connectivity index (χ1) is 9.31. The van der Waals surface area contributed by atoms with Crippen molar-refractivity contribution in [3.05, 3.63) is 72.0 Å². The normalized spacial score (nSPS) is 10.8. The molecule has 0 bridgehead atoms. The van der Waals surface area contributed by atoms with Gasteiger partial charge in [0.25, 0.3) is 0 Å². The van der Waals surface area contributed by atoms with Gasteiger partial charge in [-0.05, 0) is 29.8 Å². The third-order valence-electron chi connectivity index (χ3n) is 2.85. The van der Waals surface area contributed by atoms with Crippen molar-refractivity contribution in [3.8, 4) is 0 Å². The molecule has 3 rings (SSSR count). The molecular formula is C16H12FNS. The highest BCUT2D eigenvalue weighted by atomic mass is 32.2. The Morgan fingerprint density at radius 1 is 0.947 bits per heavy atom.